The minimum absolute atomic E-state index is 0.0183. The van der Waals surface area contributed by atoms with E-state index in [-0.39, 0.29) is 27.2 Å². The lowest BCUT2D eigenvalue weighted by Gasteiger charge is -2.32. The second-order valence-electron chi connectivity index (χ2n) is 7.80. The van der Waals surface area contributed by atoms with Crippen molar-refractivity contribution in [1.29, 1.82) is 0 Å². The van der Waals surface area contributed by atoms with E-state index in [0.29, 0.717) is 10.6 Å². The molecule has 0 spiro atoms. The van der Waals surface area contributed by atoms with Crippen LogP contribution in [0.1, 0.15) is 12.5 Å². The lowest BCUT2D eigenvalue weighted by atomic mass is 10.1. The van der Waals surface area contributed by atoms with Gasteiger partial charge in [0.15, 0.2) is 0 Å². The monoisotopic (exact) mass is 567 g/mol. The van der Waals surface area contributed by atoms with Crippen molar-refractivity contribution >= 4 is 62.3 Å². The number of hydrogen-bond donors (Lipinski definition) is 1. The lowest BCUT2D eigenvalue weighted by Crippen LogP contribution is -2.50. The second-order valence-corrected chi connectivity index (χ2v) is 10.9. The zero-order chi connectivity index (χ0) is 26.5. The van der Waals surface area contributed by atoms with Gasteiger partial charge in [-0.25, -0.2) is 8.42 Å². The fourth-order valence-electron chi connectivity index (χ4n) is 3.52. The Hall–Kier alpha value is -2.78. The molecule has 0 heterocycles. The molecule has 3 aromatic rings. The van der Waals surface area contributed by atoms with Crippen LogP contribution in [0, 0.1) is 0 Å². The Bertz CT molecular complexity index is 1350. The molecule has 3 rings (SSSR count). The third kappa shape index (κ3) is 6.13. The van der Waals surface area contributed by atoms with Crippen LogP contribution in [0.3, 0.4) is 0 Å². The summed E-state index contributed by atoms with van der Waals surface area (Å²) in [5.74, 6) is -1.06. The number of sulfonamides is 1. The SMILES string of the molecule is CNC(=O)C(C)N(Cc1ccccc1Cl)C(=O)CN(c1cccc(Cl)c1Cl)S(=O)(=O)c1ccccc1. The summed E-state index contributed by atoms with van der Waals surface area (Å²) in [4.78, 5) is 27.4. The van der Waals surface area contributed by atoms with Gasteiger partial charge in [-0.1, -0.05) is 77.3 Å². The summed E-state index contributed by atoms with van der Waals surface area (Å²) in [5, 5.41) is 3.03. The molecule has 0 aliphatic heterocycles. The molecule has 1 N–H and O–H groups in total. The molecule has 0 fully saturated rings. The van der Waals surface area contributed by atoms with Crippen LogP contribution in [0.4, 0.5) is 5.69 Å². The molecule has 190 valence electrons. The van der Waals surface area contributed by atoms with E-state index < -0.39 is 34.4 Å². The maximum Gasteiger partial charge on any atom is 0.264 e. The molecule has 0 radical (unpaired) electrons. The highest BCUT2D eigenvalue weighted by Gasteiger charge is 2.33. The van der Waals surface area contributed by atoms with Gasteiger partial charge in [-0.15, -0.1) is 0 Å². The third-order valence-electron chi connectivity index (χ3n) is 5.52. The minimum atomic E-state index is -4.24. The van der Waals surface area contributed by atoms with Gasteiger partial charge in [0, 0.05) is 18.6 Å². The maximum absolute atomic E-state index is 13.7. The first kappa shape index (κ1) is 27.8. The first-order valence-corrected chi connectivity index (χ1v) is 13.4. The first-order chi connectivity index (χ1) is 17.1. The molecule has 0 aliphatic carbocycles. The number of benzene rings is 3. The average molecular weight is 569 g/mol. The zero-order valence-corrected chi connectivity index (χ0v) is 22.6. The maximum atomic E-state index is 13.7. The number of nitrogens with zero attached hydrogens (tertiary/aromatic N) is 2. The molecule has 1 atom stereocenters. The molecule has 11 heteroatoms. The molecule has 0 saturated heterocycles. The number of hydrogen-bond acceptors (Lipinski definition) is 4. The van der Waals surface area contributed by atoms with Crippen LogP contribution >= 0.6 is 34.8 Å². The number of carbonyl (C=O) groups is 2. The van der Waals surface area contributed by atoms with E-state index >= 15 is 0 Å². The van der Waals surface area contributed by atoms with Crippen molar-refractivity contribution in [2.45, 2.75) is 24.4 Å². The number of halogens is 3. The minimum Gasteiger partial charge on any atom is -0.357 e. The summed E-state index contributed by atoms with van der Waals surface area (Å²) in [6.45, 7) is 0.897. The predicted molar refractivity (Wildman–Crippen MR) is 143 cm³/mol. The van der Waals surface area contributed by atoms with Gasteiger partial charge in [0.25, 0.3) is 10.0 Å². The fourth-order valence-corrected chi connectivity index (χ4v) is 5.61. The van der Waals surface area contributed by atoms with Gasteiger partial charge >= 0.3 is 0 Å². The number of likely N-dealkylation sites (N-methyl/N-ethyl adjacent to an activating group) is 1. The van der Waals surface area contributed by atoms with Crippen LogP contribution in [-0.2, 0) is 26.2 Å². The molecule has 3 aromatic carbocycles. The molecule has 0 aromatic heterocycles. The first-order valence-electron chi connectivity index (χ1n) is 10.8. The van der Waals surface area contributed by atoms with Gasteiger partial charge in [0.05, 0.1) is 20.6 Å². The molecule has 0 saturated carbocycles. The zero-order valence-electron chi connectivity index (χ0n) is 19.5. The van der Waals surface area contributed by atoms with E-state index in [1.54, 1.807) is 49.4 Å². The Labute approximate surface area is 225 Å². The van der Waals surface area contributed by atoms with Crippen molar-refractivity contribution in [3.63, 3.8) is 0 Å². The normalized spacial score (nSPS) is 12.0. The standard InChI is InChI=1S/C25H24Cl3N3O4S/c1-17(25(33)29-2)30(15-18-9-6-7-12-20(18)26)23(32)16-31(22-14-8-13-21(27)24(22)28)36(34,35)19-10-4-3-5-11-19/h3-14,17H,15-16H2,1-2H3,(H,29,33). The molecule has 0 aliphatic rings. The van der Waals surface area contributed by atoms with Crippen molar-refractivity contribution in [2.24, 2.45) is 0 Å². The van der Waals surface area contributed by atoms with Crippen LogP contribution in [0.25, 0.3) is 0 Å². The Kier molecular flexibility index (Phi) is 9.24. The van der Waals surface area contributed by atoms with E-state index in [1.165, 1.54) is 42.3 Å². The van der Waals surface area contributed by atoms with Crippen molar-refractivity contribution in [2.75, 3.05) is 17.9 Å². The largest absolute Gasteiger partial charge is 0.357 e. The molecule has 36 heavy (non-hydrogen) atoms. The Morgan fingerprint density at radius 3 is 2.14 bits per heavy atom. The van der Waals surface area contributed by atoms with Crippen LogP contribution in [0.15, 0.2) is 77.7 Å². The Morgan fingerprint density at radius 2 is 1.50 bits per heavy atom. The summed E-state index contributed by atoms with van der Waals surface area (Å²) < 4.78 is 28.3. The van der Waals surface area contributed by atoms with E-state index in [1.807, 2.05) is 0 Å². The highest BCUT2D eigenvalue weighted by atomic mass is 35.5. The van der Waals surface area contributed by atoms with Crippen LogP contribution in [0.2, 0.25) is 15.1 Å². The van der Waals surface area contributed by atoms with Gasteiger partial charge in [0.2, 0.25) is 11.8 Å². The highest BCUT2D eigenvalue weighted by Crippen LogP contribution is 2.35. The van der Waals surface area contributed by atoms with E-state index in [4.69, 9.17) is 34.8 Å². The number of amides is 2. The molecular weight excluding hydrogens is 545 g/mol. The van der Waals surface area contributed by atoms with Crippen LogP contribution in [-0.4, -0.2) is 44.8 Å². The smallest absolute Gasteiger partial charge is 0.264 e. The quantitative estimate of drug-likeness (QED) is 0.393. The van der Waals surface area contributed by atoms with Gasteiger partial charge in [-0.05, 0) is 42.8 Å². The number of rotatable bonds is 9. The van der Waals surface area contributed by atoms with Gasteiger partial charge in [-0.3, -0.25) is 13.9 Å². The topological polar surface area (TPSA) is 86.8 Å². The van der Waals surface area contributed by atoms with E-state index in [9.17, 15) is 18.0 Å². The molecule has 7 nitrogen and oxygen atoms in total. The van der Waals surface area contributed by atoms with Crippen molar-refractivity contribution in [1.82, 2.24) is 10.2 Å². The Balaban J connectivity index is 2.08. The molecule has 2 amide bonds. The summed E-state index contributed by atoms with van der Waals surface area (Å²) >= 11 is 18.9. The molecule has 1 unspecified atom stereocenters. The molecular formula is C25H24Cl3N3O4S. The van der Waals surface area contributed by atoms with Gasteiger partial charge in [0.1, 0.15) is 12.6 Å². The summed E-state index contributed by atoms with van der Waals surface area (Å²) in [7, 11) is -2.79. The number of nitrogens with one attached hydrogen (secondary N) is 1. The van der Waals surface area contributed by atoms with Crippen LogP contribution < -0.4 is 9.62 Å². The average Bonchev–Trinajstić information content (AvgIpc) is 2.88. The second kappa shape index (κ2) is 12.0. The van der Waals surface area contributed by atoms with Crippen molar-refractivity contribution < 1.29 is 18.0 Å². The van der Waals surface area contributed by atoms with Crippen molar-refractivity contribution in [3.05, 3.63) is 93.4 Å². The molecule has 0 bridgehead atoms. The van der Waals surface area contributed by atoms with Gasteiger partial charge in [-0.2, -0.15) is 0 Å². The lowest BCUT2D eigenvalue weighted by molar-refractivity contribution is -0.139. The fraction of sp³-hybridized carbons (Fsp3) is 0.200. The summed E-state index contributed by atoms with van der Waals surface area (Å²) in [5.41, 5.74) is 0.633. The van der Waals surface area contributed by atoms with Crippen LogP contribution in [0.5, 0.6) is 0 Å². The Morgan fingerprint density at radius 1 is 0.889 bits per heavy atom. The highest BCUT2D eigenvalue weighted by molar-refractivity contribution is 7.92. The third-order valence-corrected chi connectivity index (χ3v) is 8.47. The number of carbonyl (C=O) groups excluding carboxylic acids is 2. The summed E-state index contributed by atoms with van der Waals surface area (Å²) in [6, 6.07) is 18.1. The number of anilines is 1. The summed E-state index contributed by atoms with van der Waals surface area (Å²) in [6.07, 6.45) is 0. The predicted octanol–water partition coefficient (Wildman–Crippen LogP) is 5.01. The van der Waals surface area contributed by atoms with E-state index in [0.717, 1.165) is 4.31 Å². The van der Waals surface area contributed by atoms with E-state index in [2.05, 4.69) is 5.32 Å². The van der Waals surface area contributed by atoms with Gasteiger partial charge < -0.3 is 10.2 Å². The van der Waals surface area contributed by atoms with Crippen molar-refractivity contribution in [3.8, 4) is 0 Å².